The smallest absolute Gasteiger partial charge is 0.254 e. The molecule has 0 aliphatic carbocycles. The molecule has 2 aromatic carbocycles. The number of benzene rings is 2. The first kappa shape index (κ1) is 21.1. The van der Waals surface area contributed by atoms with Crippen LogP contribution in [0, 0.1) is 17.1 Å². The Bertz CT molecular complexity index is 952. The molecule has 1 heterocycles. The third-order valence-electron chi connectivity index (χ3n) is 5.12. The van der Waals surface area contributed by atoms with Crippen molar-refractivity contribution in [1.82, 2.24) is 4.90 Å². The number of carbonyl (C=O) groups is 1. The lowest BCUT2D eigenvalue weighted by molar-refractivity contribution is -0.146. The van der Waals surface area contributed by atoms with Gasteiger partial charge in [0.15, 0.2) is 0 Å². The number of likely N-dealkylation sites (tertiary alicyclic amines) is 1. The number of carbonyl (C=O) groups excluding carboxylic acids is 1. The molecule has 29 heavy (non-hydrogen) atoms. The van der Waals surface area contributed by atoms with Crippen LogP contribution in [0.25, 0.3) is 0 Å². The maximum Gasteiger partial charge on any atom is 0.254 e. The predicted octanol–water partition coefficient (Wildman–Crippen LogP) is 3.73. The number of hydrogen-bond donors (Lipinski definition) is 1. The minimum absolute atomic E-state index is 0.0788. The van der Waals surface area contributed by atoms with Crippen LogP contribution < -0.4 is 4.90 Å². The SMILES string of the molecule is CC(C)(O)C(=O)N1CC[C@H](N(Cc2ccccc2F)c2ccc(C#N)c(Cl)c2)C1. The molecule has 0 aromatic heterocycles. The van der Waals surface area contributed by atoms with Gasteiger partial charge in [-0.15, -0.1) is 0 Å². The Morgan fingerprint density at radius 1 is 1.38 bits per heavy atom. The number of hydrogen-bond acceptors (Lipinski definition) is 4. The van der Waals surface area contributed by atoms with Crippen LogP contribution >= 0.6 is 11.6 Å². The summed E-state index contributed by atoms with van der Waals surface area (Å²) in [4.78, 5) is 16.1. The molecule has 1 aliphatic rings. The molecule has 1 atom stereocenters. The maximum absolute atomic E-state index is 14.3. The predicted molar refractivity (Wildman–Crippen MR) is 110 cm³/mol. The molecule has 1 aliphatic heterocycles. The highest BCUT2D eigenvalue weighted by Gasteiger charge is 2.36. The van der Waals surface area contributed by atoms with Gasteiger partial charge in [-0.2, -0.15) is 5.26 Å². The summed E-state index contributed by atoms with van der Waals surface area (Å²) in [5, 5.41) is 19.5. The molecule has 3 rings (SSSR count). The van der Waals surface area contributed by atoms with E-state index in [-0.39, 0.29) is 17.8 Å². The van der Waals surface area contributed by atoms with Crippen LogP contribution in [0.5, 0.6) is 0 Å². The summed E-state index contributed by atoms with van der Waals surface area (Å²) in [6, 6.07) is 13.6. The molecule has 5 nitrogen and oxygen atoms in total. The van der Waals surface area contributed by atoms with Gasteiger partial charge in [0.25, 0.3) is 5.91 Å². The van der Waals surface area contributed by atoms with E-state index >= 15 is 0 Å². The summed E-state index contributed by atoms with van der Waals surface area (Å²) < 4.78 is 14.3. The van der Waals surface area contributed by atoms with Gasteiger partial charge >= 0.3 is 0 Å². The average Bonchev–Trinajstić information content (AvgIpc) is 3.15. The molecule has 0 radical (unpaired) electrons. The second kappa shape index (κ2) is 8.40. The van der Waals surface area contributed by atoms with Crippen molar-refractivity contribution in [2.45, 2.75) is 38.5 Å². The third kappa shape index (κ3) is 4.69. The first-order valence-corrected chi connectivity index (χ1v) is 9.80. The van der Waals surface area contributed by atoms with Crippen LogP contribution in [0.3, 0.4) is 0 Å². The van der Waals surface area contributed by atoms with E-state index in [1.807, 2.05) is 11.0 Å². The number of anilines is 1. The van der Waals surface area contributed by atoms with Crippen molar-refractivity contribution >= 4 is 23.2 Å². The lowest BCUT2D eigenvalue weighted by Gasteiger charge is -2.32. The van der Waals surface area contributed by atoms with E-state index in [2.05, 4.69) is 0 Å². The van der Waals surface area contributed by atoms with E-state index < -0.39 is 5.60 Å². The minimum Gasteiger partial charge on any atom is -0.381 e. The summed E-state index contributed by atoms with van der Waals surface area (Å²) in [6.07, 6.45) is 0.674. The van der Waals surface area contributed by atoms with E-state index in [0.29, 0.717) is 42.2 Å². The normalized spacial score (nSPS) is 16.6. The number of nitriles is 1. The Morgan fingerprint density at radius 2 is 2.10 bits per heavy atom. The van der Waals surface area contributed by atoms with Crippen LogP contribution in [-0.4, -0.2) is 40.6 Å². The highest BCUT2D eigenvalue weighted by Crippen LogP contribution is 2.30. The van der Waals surface area contributed by atoms with E-state index in [0.717, 1.165) is 5.69 Å². The molecule has 1 N–H and O–H groups in total. The highest BCUT2D eigenvalue weighted by atomic mass is 35.5. The van der Waals surface area contributed by atoms with E-state index in [1.54, 1.807) is 41.3 Å². The van der Waals surface area contributed by atoms with Crippen molar-refractivity contribution < 1.29 is 14.3 Å². The monoisotopic (exact) mass is 415 g/mol. The van der Waals surface area contributed by atoms with Gasteiger partial charge in [0.2, 0.25) is 0 Å². The van der Waals surface area contributed by atoms with E-state index in [9.17, 15) is 14.3 Å². The highest BCUT2D eigenvalue weighted by molar-refractivity contribution is 6.32. The first-order valence-electron chi connectivity index (χ1n) is 9.42. The van der Waals surface area contributed by atoms with Gasteiger partial charge in [-0.1, -0.05) is 29.8 Å². The number of aliphatic hydroxyl groups is 1. The third-order valence-corrected chi connectivity index (χ3v) is 5.43. The summed E-state index contributed by atoms with van der Waals surface area (Å²) in [5.41, 5.74) is 0.204. The van der Waals surface area contributed by atoms with Crippen LogP contribution in [0.4, 0.5) is 10.1 Å². The summed E-state index contributed by atoms with van der Waals surface area (Å²) >= 11 is 6.23. The second-order valence-electron chi connectivity index (χ2n) is 7.75. The van der Waals surface area contributed by atoms with E-state index in [1.165, 1.54) is 19.9 Å². The molecular formula is C22H23ClFN3O2. The Kier molecular flexibility index (Phi) is 6.11. The molecule has 1 saturated heterocycles. The van der Waals surface area contributed by atoms with Crippen molar-refractivity contribution in [3.8, 4) is 6.07 Å². The van der Waals surface area contributed by atoms with Crippen molar-refractivity contribution in [2.75, 3.05) is 18.0 Å². The van der Waals surface area contributed by atoms with Crippen molar-refractivity contribution in [2.24, 2.45) is 0 Å². The molecule has 0 bridgehead atoms. The van der Waals surface area contributed by atoms with Crippen LogP contribution in [0.2, 0.25) is 5.02 Å². The Hall–Kier alpha value is -2.62. The topological polar surface area (TPSA) is 67.6 Å². The minimum atomic E-state index is -1.44. The number of halogens is 2. The first-order chi connectivity index (χ1) is 13.7. The van der Waals surface area contributed by atoms with Crippen LogP contribution in [-0.2, 0) is 11.3 Å². The summed E-state index contributed by atoms with van der Waals surface area (Å²) in [5.74, 6) is -0.636. The zero-order valence-electron chi connectivity index (χ0n) is 16.4. The number of nitrogens with zero attached hydrogens (tertiary/aromatic N) is 3. The molecule has 0 unspecified atom stereocenters. The van der Waals surface area contributed by atoms with Gasteiger partial charge in [-0.3, -0.25) is 4.79 Å². The van der Waals surface area contributed by atoms with Gasteiger partial charge in [-0.05, 0) is 44.5 Å². The molecular weight excluding hydrogens is 393 g/mol. The average molecular weight is 416 g/mol. The largest absolute Gasteiger partial charge is 0.381 e. The number of amides is 1. The summed E-state index contributed by atoms with van der Waals surface area (Å²) in [6.45, 7) is 4.16. The number of rotatable bonds is 5. The van der Waals surface area contributed by atoms with Gasteiger partial charge < -0.3 is 14.9 Å². The zero-order valence-corrected chi connectivity index (χ0v) is 17.2. The molecule has 1 fully saturated rings. The standard InChI is InChI=1S/C22H23ClFN3O2/c1-22(2,29)21(28)26-10-9-18(14-26)27(13-16-5-3-4-6-20(16)24)17-8-7-15(12-25)19(23)11-17/h3-8,11,18,29H,9-10,13-14H2,1-2H3/t18-/m0/s1. The lowest BCUT2D eigenvalue weighted by Crippen LogP contribution is -2.46. The van der Waals surface area contributed by atoms with Crippen LogP contribution in [0.1, 0.15) is 31.4 Å². The molecule has 0 spiro atoms. The fraction of sp³-hybridized carbons (Fsp3) is 0.364. The summed E-state index contributed by atoms with van der Waals surface area (Å²) in [7, 11) is 0. The second-order valence-corrected chi connectivity index (χ2v) is 8.16. The Labute approximate surface area is 174 Å². The fourth-order valence-electron chi connectivity index (χ4n) is 3.58. The molecule has 7 heteroatoms. The molecule has 2 aromatic rings. The Morgan fingerprint density at radius 3 is 2.72 bits per heavy atom. The van der Waals surface area contributed by atoms with Crippen molar-refractivity contribution in [1.29, 1.82) is 5.26 Å². The maximum atomic E-state index is 14.3. The molecule has 152 valence electrons. The van der Waals surface area contributed by atoms with Gasteiger partial charge in [0.05, 0.1) is 10.6 Å². The van der Waals surface area contributed by atoms with Gasteiger partial charge in [-0.25, -0.2) is 4.39 Å². The van der Waals surface area contributed by atoms with Crippen molar-refractivity contribution in [3.63, 3.8) is 0 Å². The quantitative estimate of drug-likeness (QED) is 0.808. The zero-order chi connectivity index (χ0) is 21.2. The lowest BCUT2D eigenvalue weighted by atomic mass is 10.1. The van der Waals surface area contributed by atoms with Crippen molar-refractivity contribution in [3.05, 3.63) is 64.4 Å². The molecule has 0 saturated carbocycles. The van der Waals surface area contributed by atoms with Gasteiger partial charge in [0, 0.05) is 36.9 Å². The van der Waals surface area contributed by atoms with Crippen LogP contribution in [0.15, 0.2) is 42.5 Å². The van der Waals surface area contributed by atoms with Gasteiger partial charge in [0.1, 0.15) is 17.5 Å². The molecule has 1 amide bonds. The van der Waals surface area contributed by atoms with E-state index in [4.69, 9.17) is 16.9 Å². The fourth-order valence-corrected chi connectivity index (χ4v) is 3.80. The Balaban J connectivity index is 1.92.